The molecule has 2 aromatic heterocycles. The molecule has 0 aromatic carbocycles. The molecule has 1 atom stereocenters. The fraction of sp³-hybridized carbons (Fsp3) is 0.273. The fourth-order valence-electron chi connectivity index (χ4n) is 1.51. The van der Waals surface area contributed by atoms with E-state index in [1.807, 2.05) is 17.5 Å². The zero-order valence-electron chi connectivity index (χ0n) is 9.24. The molecule has 4 nitrogen and oxygen atoms in total. The first kappa shape index (κ1) is 12.1. The van der Waals surface area contributed by atoms with E-state index in [1.165, 1.54) is 11.2 Å². The van der Waals surface area contributed by atoms with Gasteiger partial charge < -0.3 is 10.3 Å². The topological polar surface area (TPSA) is 57.8 Å². The number of anilines is 1. The van der Waals surface area contributed by atoms with Crippen LogP contribution in [-0.2, 0) is 0 Å². The first-order chi connectivity index (χ1) is 8.22. The van der Waals surface area contributed by atoms with Crippen LogP contribution < -0.4 is 10.9 Å². The lowest BCUT2D eigenvalue weighted by atomic mass is 10.2. The second kappa shape index (κ2) is 5.33. The quantitative estimate of drug-likeness (QED) is 0.897. The molecule has 2 aromatic rings. The standard InChI is InChI=1S/C11H12ClN3OS/c1-2-7(8-4-3-5-17-8)15-10-9(12)11(16)14-6-13-10/h3-7H,2H2,1H3,(H2,13,14,15,16). The molecule has 0 aliphatic heterocycles. The van der Waals surface area contributed by atoms with Crippen LogP contribution in [0.2, 0.25) is 5.02 Å². The van der Waals surface area contributed by atoms with E-state index >= 15 is 0 Å². The summed E-state index contributed by atoms with van der Waals surface area (Å²) in [5.41, 5.74) is -0.329. The highest BCUT2D eigenvalue weighted by Crippen LogP contribution is 2.26. The van der Waals surface area contributed by atoms with E-state index in [9.17, 15) is 4.79 Å². The SMILES string of the molecule is CCC(Nc1nc[nH]c(=O)c1Cl)c1cccs1. The molecule has 2 heterocycles. The van der Waals surface area contributed by atoms with Crippen molar-refractivity contribution in [3.63, 3.8) is 0 Å². The molecule has 6 heteroatoms. The lowest BCUT2D eigenvalue weighted by molar-refractivity contribution is 0.757. The van der Waals surface area contributed by atoms with Gasteiger partial charge in [0.05, 0.1) is 12.4 Å². The number of hydrogen-bond donors (Lipinski definition) is 2. The van der Waals surface area contributed by atoms with Crippen molar-refractivity contribution in [2.75, 3.05) is 5.32 Å². The van der Waals surface area contributed by atoms with Gasteiger partial charge in [0.1, 0.15) is 5.02 Å². The van der Waals surface area contributed by atoms with E-state index in [4.69, 9.17) is 11.6 Å². The van der Waals surface area contributed by atoms with Gasteiger partial charge in [-0.3, -0.25) is 4.79 Å². The second-order valence-electron chi connectivity index (χ2n) is 3.51. The molecule has 1 unspecified atom stereocenters. The molecule has 90 valence electrons. The van der Waals surface area contributed by atoms with Crippen LogP contribution in [0.1, 0.15) is 24.3 Å². The highest BCUT2D eigenvalue weighted by Gasteiger charge is 2.13. The molecule has 0 aliphatic carbocycles. The number of aromatic nitrogens is 2. The van der Waals surface area contributed by atoms with Crippen LogP contribution in [0, 0.1) is 0 Å². The number of aromatic amines is 1. The lowest BCUT2D eigenvalue weighted by Crippen LogP contribution is -2.15. The average Bonchev–Trinajstić information content (AvgIpc) is 2.85. The number of hydrogen-bond acceptors (Lipinski definition) is 4. The molecule has 0 amide bonds. The van der Waals surface area contributed by atoms with Crippen molar-refractivity contribution in [1.29, 1.82) is 0 Å². The first-order valence-electron chi connectivity index (χ1n) is 5.25. The second-order valence-corrected chi connectivity index (χ2v) is 4.87. The summed E-state index contributed by atoms with van der Waals surface area (Å²) in [5, 5.41) is 5.31. The molecule has 0 saturated carbocycles. The Bertz CT molecular complexity index is 538. The fourth-order valence-corrected chi connectivity index (χ4v) is 2.53. The molecular formula is C11H12ClN3OS. The maximum absolute atomic E-state index is 11.3. The third-order valence-corrected chi connectivity index (χ3v) is 3.74. The maximum atomic E-state index is 11.3. The zero-order chi connectivity index (χ0) is 12.3. The summed E-state index contributed by atoms with van der Waals surface area (Å²) >= 11 is 7.56. The van der Waals surface area contributed by atoms with Crippen molar-refractivity contribution in [3.8, 4) is 0 Å². The molecule has 0 bridgehead atoms. The van der Waals surface area contributed by atoms with E-state index in [0.717, 1.165) is 6.42 Å². The molecular weight excluding hydrogens is 258 g/mol. The molecule has 17 heavy (non-hydrogen) atoms. The van der Waals surface area contributed by atoms with E-state index in [2.05, 4.69) is 22.2 Å². The summed E-state index contributed by atoms with van der Waals surface area (Å²) in [7, 11) is 0. The predicted octanol–water partition coefficient (Wildman–Crippen LogP) is 3.05. The first-order valence-corrected chi connectivity index (χ1v) is 6.51. The van der Waals surface area contributed by atoms with Crippen LogP contribution in [0.4, 0.5) is 5.82 Å². The highest BCUT2D eigenvalue weighted by molar-refractivity contribution is 7.10. The van der Waals surface area contributed by atoms with E-state index in [-0.39, 0.29) is 16.6 Å². The minimum absolute atomic E-state index is 0.0995. The van der Waals surface area contributed by atoms with Gasteiger partial charge in [0.15, 0.2) is 5.82 Å². The molecule has 2 rings (SSSR count). The van der Waals surface area contributed by atoms with Gasteiger partial charge in [0.25, 0.3) is 5.56 Å². The number of nitrogens with zero attached hydrogens (tertiary/aromatic N) is 1. The van der Waals surface area contributed by atoms with Crippen molar-refractivity contribution in [3.05, 3.63) is 44.1 Å². The third-order valence-electron chi connectivity index (χ3n) is 2.40. The third kappa shape index (κ3) is 2.68. The van der Waals surface area contributed by atoms with Crippen molar-refractivity contribution < 1.29 is 0 Å². The predicted molar refractivity (Wildman–Crippen MR) is 70.8 cm³/mol. The molecule has 0 aliphatic rings. The van der Waals surface area contributed by atoms with Crippen LogP contribution in [-0.4, -0.2) is 9.97 Å². The lowest BCUT2D eigenvalue weighted by Gasteiger charge is -2.16. The Morgan fingerprint density at radius 1 is 1.65 bits per heavy atom. The summed E-state index contributed by atoms with van der Waals surface area (Å²) in [6, 6.07) is 4.17. The molecule has 0 saturated heterocycles. The highest BCUT2D eigenvalue weighted by atomic mass is 35.5. The minimum atomic E-state index is -0.329. The summed E-state index contributed by atoms with van der Waals surface area (Å²) < 4.78 is 0. The zero-order valence-corrected chi connectivity index (χ0v) is 10.8. The van der Waals surface area contributed by atoms with Crippen LogP contribution >= 0.6 is 22.9 Å². The van der Waals surface area contributed by atoms with Gasteiger partial charge in [-0.25, -0.2) is 4.98 Å². The van der Waals surface area contributed by atoms with Gasteiger partial charge in [0, 0.05) is 4.88 Å². The minimum Gasteiger partial charge on any atom is -0.361 e. The Morgan fingerprint density at radius 2 is 2.47 bits per heavy atom. The Hall–Kier alpha value is -1.33. The number of nitrogens with one attached hydrogen (secondary N) is 2. The molecule has 0 radical (unpaired) electrons. The van der Waals surface area contributed by atoms with Gasteiger partial charge in [-0.2, -0.15) is 0 Å². The Balaban J connectivity index is 2.25. The largest absolute Gasteiger partial charge is 0.361 e. The van der Waals surface area contributed by atoms with Gasteiger partial charge in [-0.05, 0) is 17.9 Å². The smallest absolute Gasteiger partial charge is 0.271 e. The van der Waals surface area contributed by atoms with E-state index in [0.29, 0.717) is 5.82 Å². The summed E-state index contributed by atoms with van der Waals surface area (Å²) in [4.78, 5) is 19.0. The van der Waals surface area contributed by atoms with Crippen molar-refractivity contribution >= 4 is 28.8 Å². The Kier molecular flexibility index (Phi) is 3.81. The molecule has 0 fully saturated rings. The maximum Gasteiger partial charge on any atom is 0.271 e. The van der Waals surface area contributed by atoms with Crippen molar-refractivity contribution in [2.45, 2.75) is 19.4 Å². The Morgan fingerprint density at radius 3 is 3.12 bits per heavy atom. The number of thiophene rings is 1. The van der Waals surface area contributed by atoms with Gasteiger partial charge in [0.2, 0.25) is 0 Å². The normalized spacial score (nSPS) is 12.4. The van der Waals surface area contributed by atoms with Crippen LogP contribution in [0.15, 0.2) is 28.6 Å². The van der Waals surface area contributed by atoms with Gasteiger partial charge in [-0.1, -0.05) is 24.6 Å². The van der Waals surface area contributed by atoms with Crippen molar-refractivity contribution in [2.24, 2.45) is 0 Å². The number of halogens is 1. The number of H-pyrrole nitrogens is 1. The average molecular weight is 270 g/mol. The monoisotopic (exact) mass is 269 g/mol. The molecule has 0 spiro atoms. The van der Waals surface area contributed by atoms with E-state index in [1.54, 1.807) is 11.3 Å². The Labute approximate surface area is 108 Å². The van der Waals surface area contributed by atoms with E-state index < -0.39 is 0 Å². The van der Waals surface area contributed by atoms with Gasteiger partial charge >= 0.3 is 0 Å². The number of rotatable bonds is 4. The van der Waals surface area contributed by atoms with Crippen LogP contribution in [0.25, 0.3) is 0 Å². The van der Waals surface area contributed by atoms with Crippen molar-refractivity contribution in [1.82, 2.24) is 9.97 Å². The molecule has 2 N–H and O–H groups in total. The summed E-state index contributed by atoms with van der Waals surface area (Å²) in [6.07, 6.45) is 2.24. The van der Waals surface area contributed by atoms with Crippen LogP contribution in [0.3, 0.4) is 0 Å². The summed E-state index contributed by atoms with van der Waals surface area (Å²) in [6.45, 7) is 2.07. The van der Waals surface area contributed by atoms with Crippen LogP contribution in [0.5, 0.6) is 0 Å². The summed E-state index contributed by atoms with van der Waals surface area (Å²) in [5.74, 6) is 0.427. The van der Waals surface area contributed by atoms with Gasteiger partial charge in [-0.15, -0.1) is 11.3 Å².